The van der Waals surface area contributed by atoms with Gasteiger partial charge in [-0.1, -0.05) is 66.4 Å². The Morgan fingerprint density at radius 1 is 0.700 bits per heavy atom. The molecule has 0 unspecified atom stereocenters. The normalized spacial score (nSPS) is 10.3. The van der Waals surface area contributed by atoms with Gasteiger partial charge in [0.1, 0.15) is 18.1 Å². The SMILES string of the molecule is COCOc1cc2cc(OCc3ccccc3)ccc2cc1C#Cc1ccccc1. The molecule has 3 heteroatoms. The van der Waals surface area contributed by atoms with E-state index < -0.39 is 0 Å². The third-order valence-corrected chi connectivity index (χ3v) is 4.61. The van der Waals surface area contributed by atoms with Crippen LogP contribution >= 0.6 is 0 Å². The lowest BCUT2D eigenvalue weighted by atomic mass is 10.1. The van der Waals surface area contributed by atoms with Crippen LogP contribution in [0.5, 0.6) is 11.5 Å². The van der Waals surface area contributed by atoms with E-state index in [1.807, 2.05) is 78.9 Å². The molecule has 0 atom stereocenters. The maximum absolute atomic E-state index is 5.96. The van der Waals surface area contributed by atoms with Crippen molar-refractivity contribution >= 4 is 10.8 Å². The number of methoxy groups -OCH3 is 1. The molecule has 0 N–H and O–H groups in total. The minimum atomic E-state index is 0.162. The highest BCUT2D eigenvalue weighted by Gasteiger charge is 2.07. The van der Waals surface area contributed by atoms with Crippen LogP contribution in [0.1, 0.15) is 16.7 Å². The predicted molar refractivity (Wildman–Crippen MR) is 120 cm³/mol. The summed E-state index contributed by atoms with van der Waals surface area (Å²) >= 11 is 0. The first-order chi connectivity index (χ1) is 14.8. The van der Waals surface area contributed by atoms with Gasteiger partial charge in [0.15, 0.2) is 6.79 Å². The van der Waals surface area contributed by atoms with Gasteiger partial charge in [0.2, 0.25) is 0 Å². The third kappa shape index (κ3) is 5.00. The second-order valence-corrected chi connectivity index (χ2v) is 6.80. The van der Waals surface area contributed by atoms with Gasteiger partial charge in [0.25, 0.3) is 0 Å². The molecule has 0 bridgehead atoms. The molecule has 0 amide bonds. The second kappa shape index (κ2) is 9.65. The topological polar surface area (TPSA) is 27.7 Å². The van der Waals surface area contributed by atoms with Gasteiger partial charge in [0, 0.05) is 12.7 Å². The molecule has 0 aromatic heterocycles. The summed E-state index contributed by atoms with van der Waals surface area (Å²) in [5.41, 5.74) is 2.91. The summed E-state index contributed by atoms with van der Waals surface area (Å²) in [7, 11) is 1.60. The van der Waals surface area contributed by atoms with Crippen molar-refractivity contribution in [3.8, 4) is 23.3 Å². The zero-order valence-electron chi connectivity index (χ0n) is 16.8. The molecule has 0 aliphatic heterocycles. The Morgan fingerprint density at radius 3 is 2.23 bits per heavy atom. The number of ether oxygens (including phenoxy) is 3. The lowest BCUT2D eigenvalue weighted by molar-refractivity contribution is 0.0510. The molecule has 0 aliphatic carbocycles. The number of hydrogen-bond donors (Lipinski definition) is 0. The van der Waals surface area contributed by atoms with Gasteiger partial charge in [-0.05, 0) is 52.7 Å². The lowest BCUT2D eigenvalue weighted by Gasteiger charge is -2.11. The van der Waals surface area contributed by atoms with Crippen LogP contribution in [0.25, 0.3) is 10.8 Å². The van der Waals surface area contributed by atoms with Crippen LogP contribution < -0.4 is 9.47 Å². The van der Waals surface area contributed by atoms with Gasteiger partial charge in [-0.25, -0.2) is 0 Å². The Morgan fingerprint density at radius 2 is 1.47 bits per heavy atom. The maximum Gasteiger partial charge on any atom is 0.188 e. The van der Waals surface area contributed by atoms with E-state index in [1.54, 1.807) is 7.11 Å². The smallest absolute Gasteiger partial charge is 0.188 e. The van der Waals surface area contributed by atoms with E-state index in [4.69, 9.17) is 14.2 Å². The molecule has 4 aromatic carbocycles. The molecular formula is C27H22O3. The van der Waals surface area contributed by atoms with E-state index in [0.29, 0.717) is 12.4 Å². The molecule has 0 saturated carbocycles. The van der Waals surface area contributed by atoms with Gasteiger partial charge < -0.3 is 14.2 Å². The number of rotatable bonds is 6. The van der Waals surface area contributed by atoms with Crippen LogP contribution in [0.2, 0.25) is 0 Å². The molecule has 4 rings (SSSR count). The van der Waals surface area contributed by atoms with Gasteiger partial charge in [0.05, 0.1) is 5.56 Å². The fourth-order valence-corrected chi connectivity index (χ4v) is 3.09. The van der Waals surface area contributed by atoms with Crippen LogP contribution in [0.3, 0.4) is 0 Å². The number of benzene rings is 4. The minimum absolute atomic E-state index is 0.162. The Bertz CT molecular complexity index is 1170. The molecule has 148 valence electrons. The first-order valence-electron chi connectivity index (χ1n) is 9.75. The molecule has 30 heavy (non-hydrogen) atoms. The molecule has 4 aromatic rings. The van der Waals surface area contributed by atoms with E-state index in [0.717, 1.165) is 33.2 Å². The summed E-state index contributed by atoms with van der Waals surface area (Å²) in [4.78, 5) is 0. The molecule has 0 radical (unpaired) electrons. The van der Waals surface area contributed by atoms with Crippen LogP contribution in [-0.4, -0.2) is 13.9 Å². The maximum atomic E-state index is 5.96. The second-order valence-electron chi connectivity index (χ2n) is 6.80. The van der Waals surface area contributed by atoms with Crippen LogP contribution in [0.15, 0.2) is 91.0 Å². The summed E-state index contributed by atoms with van der Waals surface area (Å²) < 4.78 is 16.8. The van der Waals surface area contributed by atoms with Crippen molar-refractivity contribution in [2.45, 2.75) is 6.61 Å². The van der Waals surface area contributed by atoms with Crippen LogP contribution in [-0.2, 0) is 11.3 Å². The Kier molecular flexibility index (Phi) is 6.29. The number of hydrogen-bond acceptors (Lipinski definition) is 3. The average molecular weight is 394 g/mol. The molecule has 3 nitrogen and oxygen atoms in total. The van der Waals surface area contributed by atoms with Crippen molar-refractivity contribution in [1.29, 1.82) is 0 Å². The highest BCUT2D eigenvalue weighted by atomic mass is 16.7. The third-order valence-electron chi connectivity index (χ3n) is 4.61. The van der Waals surface area contributed by atoms with Crippen molar-refractivity contribution < 1.29 is 14.2 Å². The van der Waals surface area contributed by atoms with Crippen molar-refractivity contribution in [3.05, 3.63) is 108 Å². The first kappa shape index (κ1) is 19.6. The average Bonchev–Trinajstić information content (AvgIpc) is 2.81. The monoisotopic (exact) mass is 394 g/mol. The summed E-state index contributed by atoms with van der Waals surface area (Å²) in [6.07, 6.45) is 0. The quantitative estimate of drug-likeness (QED) is 0.305. The Hall–Kier alpha value is -3.74. The molecule has 0 aliphatic rings. The van der Waals surface area contributed by atoms with Gasteiger partial charge >= 0.3 is 0 Å². The minimum Gasteiger partial charge on any atom is -0.489 e. The zero-order chi connectivity index (χ0) is 20.6. The highest BCUT2D eigenvalue weighted by Crippen LogP contribution is 2.29. The van der Waals surface area contributed by atoms with Crippen molar-refractivity contribution in [2.24, 2.45) is 0 Å². The standard InChI is InChI=1S/C27H22O3/c1-28-20-30-27-18-25-17-26(29-19-22-10-6-3-7-11-22)15-14-23(25)16-24(27)13-12-21-8-4-2-5-9-21/h2-11,14-18H,19-20H2,1H3. The Labute approximate surface area is 176 Å². The molecule has 0 saturated heterocycles. The van der Waals surface area contributed by atoms with Crippen LogP contribution in [0, 0.1) is 11.8 Å². The lowest BCUT2D eigenvalue weighted by Crippen LogP contribution is -2.01. The summed E-state index contributed by atoms with van der Waals surface area (Å²) in [6.45, 7) is 0.690. The van der Waals surface area contributed by atoms with E-state index in [9.17, 15) is 0 Å². The predicted octanol–water partition coefficient (Wildman–Crippen LogP) is 5.80. The fourth-order valence-electron chi connectivity index (χ4n) is 3.09. The van der Waals surface area contributed by atoms with Crippen LogP contribution in [0.4, 0.5) is 0 Å². The molecule has 0 spiro atoms. The van der Waals surface area contributed by atoms with Gasteiger partial charge in [-0.15, -0.1) is 0 Å². The molecule has 0 heterocycles. The highest BCUT2D eigenvalue weighted by molar-refractivity contribution is 5.87. The molecular weight excluding hydrogens is 372 g/mol. The van der Waals surface area contributed by atoms with Gasteiger partial charge in [-0.2, -0.15) is 0 Å². The van der Waals surface area contributed by atoms with E-state index >= 15 is 0 Å². The molecule has 0 fully saturated rings. The van der Waals surface area contributed by atoms with Crippen molar-refractivity contribution in [2.75, 3.05) is 13.9 Å². The van der Waals surface area contributed by atoms with E-state index in [2.05, 4.69) is 24.0 Å². The summed E-state index contributed by atoms with van der Waals surface area (Å²) in [5, 5.41) is 2.10. The summed E-state index contributed by atoms with van der Waals surface area (Å²) in [6, 6.07) is 30.1. The van der Waals surface area contributed by atoms with Crippen molar-refractivity contribution in [1.82, 2.24) is 0 Å². The largest absolute Gasteiger partial charge is 0.489 e. The van der Waals surface area contributed by atoms with E-state index in [-0.39, 0.29) is 6.79 Å². The Balaban J connectivity index is 1.63. The van der Waals surface area contributed by atoms with E-state index in [1.165, 1.54) is 0 Å². The van der Waals surface area contributed by atoms with Gasteiger partial charge in [-0.3, -0.25) is 0 Å². The van der Waals surface area contributed by atoms with Crippen molar-refractivity contribution in [3.63, 3.8) is 0 Å². The zero-order valence-corrected chi connectivity index (χ0v) is 16.8. The first-order valence-corrected chi connectivity index (χ1v) is 9.75. The number of fused-ring (bicyclic) bond motifs is 1. The fraction of sp³-hybridized carbons (Fsp3) is 0.111. The summed E-state index contributed by atoms with van der Waals surface area (Å²) in [5.74, 6) is 7.93.